The molecule has 5 heterocycles. The highest BCUT2D eigenvalue weighted by Gasteiger charge is 2.47. The summed E-state index contributed by atoms with van der Waals surface area (Å²) in [7, 11) is -3.65. The quantitative estimate of drug-likeness (QED) is 0.466. The average molecular weight is 558 g/mol. The van der Waals surface area contributed by atoms with Gasteiger partial charge in [-0.15, -0.1) is 0 Å². The number of nitrogens with zero attached hydrogens (tertiary/aromatic N) is 4. The van der Waals surface area contributed by atoms with Crippen LogP contribution in [0.1, 0.15) is 24.1 Å². The third kappa shape index (κ3) is 4.54. The van der Waals surface area contributed by atoms with Crippen molar-refractivity contribution in [3.05, 3.63) is 64.6 Å². The number of hydrogen-bond acceptors (Lipinski definition) is 8. The lowest BCUT2D eigenvalue weighted by molar-refractivity contribution is -0.136. The summed E-state index contributed by atoms with van der Waals surface area (Å²) in [6.45, 7) is 1.53. The molecule has 0 saturated carbocycles. The van der Waals surface area contributed by atoms with Crippen LogP contribution < -0.4 is 15.1 Å². The van der Waals surface area contributed by atoms with Gasteiger partial charge in [-0.1, -0.05) is 17.7 Å². The van der Waals surface area contributed by atoms with Gasteiger partial charge in [0, 0.05) is 23.8 Å². The number of benzene rings is 2. The number of nitrogens with one attached hydrogen (secondary N) is 1. The van der Waals surface area contributed by atoms with Crippen LogP contribution in [0.5, 0.6) is 0 Å². The number of hydrogen-bond donors (Lipinski definition) is 2. The Kier molecular flexibility index (Phi) is 6.14. The van der Waals surface area contributed by atoms with Crippen molar-refractivity contribution < 1.29 is 22.7 Å². The fraction of sp³-hybridized carbons (Fsp3) is 0.346. The summed E-state index contributed by atoms with van der Waals surface area (Å²) in [5, 5.41) is 12.6. The first-order valence-electron chi connectivity index (χ1n) is 12.4. The smallest absolute Gasteiger partial charge is 0.307 e. The van der Waals surface area contributed by atoms with Gasteiger partial charge in [0.25, 0.3) is 0 Å². The summed E-state index contributed by atoms with van der Waals surface area (Å²) in [5.74, 6) is -1.30. The Morgan fingerprint density at radius 2 is 1.87 bits per heavy atom. The molecule has 1 aromatic heterocycles. The van der Waals surface area contributed by atoms with Crippen LogP contribution in [0.3, 0.4) is 0 Å². The number of anilines is 4. The fourth-order valence-electron chi connectivity index (χ4n) is 5.58. The molecule has 0 spiro atoms. The van der Waals surface area contributed by atoms with Crippen molar-refractivity contribution in [2.24, 2.45) is 0 Å². The van der Waals surface area contributed by atoms with E-state index in [9.17, 15) is 17.6 Å². The molecule has 4 aliphatic heterocycles. The molecule has 2 atom stereocenters. The maximum atomic E-state index is 14.9. The van der Waals surface area contributed by atoms with Crippen molar-refractivity contribution in [1.82, 2.24) is 9.97 Å². The van der Waals surface area contributed by atoms with Crippen LogP contribution in [-0.2, 0) is 27.5 Å². The third-order valence-corrected chi connectivity index (χ3v) is 9.45. The lowest BCUT2D eigenvalue weighted by Gasteiger charge is -2.57. The minimum atomic E-state index is -3.65. The number of carboxylic acids is 1. The Bertz CT molecular complexity index is 1520. The molecule has 3 aromatic rings. The summed E-state index contributed by atoms with van der Waals surface area (Å²) in [6.07, 6.45) is 1.61. The van der Waals surface area contributed by atoms with Crippen molar-refractivity contribution in [3.8, 4) is 0 Å². The van der Waals surface area contributed by atoms with Crippen LogP contribution in [0.2, 0.25) is 5.02 Å². The van der Waals surface area contributed by atoms with Gasteiger partial charge in [-0.3, -0.25) is 4.79 Å². The number of aliphatic carboxylic acids is 1. The first kappa shape index (κ1) is 24.9. The number of halogens is 2. The summed E-state index contributed by atoms with van der Waals surface area (Å²) >= 11 is 6.04. The maximum absolute atomic E-state index is 14.9. The number of carbonyl (C=O) groups is 1. The summed E-state index contributed by atoms with van der Waals surface area (Å²) in [4.78, 5) is 24.7. The zero-order valence-corrected chi connectivity index (χ0v) is 21.8. The summed E-state index contributed by atoms with van der Waals surface area (Å²) in [5.41, 5.74) is 1.85. The Balaban J connectivity index is 1.32. The number of rotatable bonds is 6. The zero-order chi connectivity index (χ0) is 26.6. The predicted octanol–water partition coefficient (Wildman–Crippen LogP) is 3.83. The number of piperazine rings is 1. The van der Waals surface area contributed by atoms with Crippen molar-refractivity contribution >= 4 is 50.5 Å². The first-order valence-corrected chi connectivity index (χ1v) is 14.4. The van der Waals surface area contributed by atoms with Crippen LogP contribution in [0.15, 0.2) is 47.4 Å². The molecule has 9 nitrogen and oxygen atoms in total. The summed E-state index contributed by atoms with van der Waals surface area (Å²) < 4.78 is 40.9. The van der Waals surface area contributed by atoms with E-state index in [-0.39, 0.29) is 40.7 Å². The molecule has 0 amide bonds. The number of carboxylic acid groups (broad SMARTS) is 1. The Labute approximate surface area is 224 Å². The van der Waals surface area contributed by atoms with Gasteiger partial charge in [-0.25, -0.2) is 17.8 Å². The normalized spacial score (nSPS) is 21.4. The molecule has 198 valence electrons. The van der Waals surface area contributed by atoms with Gasteiger partial charge >= 0.3 is 5.97 Å². The number of piperidine rings is 1. The minimum Gasteiger partial charge on any atom is -0.481 e. The second-order valence-electron chi connectivity index (χ2n) is 9.91. The van der Waals surface area contributed by atoms with E-state index in [0.29, 0.717) is 35.1 Å². The second-order valence-corrected chi connectivity index (χ2v) is 12.4. The molecular weight excluding hydrogens is 533 g/mol. The van der Waals surface area contributed by atoms with Crippen LogP contribution in [-0.4, -0.2) is 60.4 Å². The molecule has 3 saturated heterocycles. The highest BCUT2D eigenvalue weighted by Crippen LogP contribution is 2.40. The Morgan fingerprint density at radius 1 is 1.13 bits per heavy atom. The topological polar surface area (TPSA) is 116 Å². The van der Waals surface area contributed by atoms with Crippen LogP contribution in [0.4, 0.5) is 27.5 Å². The molecule has 38 heavy (non-hydrogen) atoms. The van der Waals surface area contributed by atoms with E-state index < -0.39 is 21.6 Å². The maximum Gasteiger partial charge on any atom is 0.307 e. The Morgan fingerprint density at radius 3 is 2.55 bits per heavy atom. The monoisotopic (exact) mass is 557 g/mol. The van der Waals surface area contributed by atoms with Gasteiger partial charge < -0.3 is 20.2 Å². The number of aromatic nitrogens is 2. The van der Waals surface area contributed by atoms with Crippen molar-refractivity contribution in [1.29, 1.82) is 0 Å². The zero-order valence-electron chi connectivity index (χ0n) is 20.3. The third-order valence-electron chi connectivity index (χ3n) is 7.32. The molecule has 2 aromatic carbocycles. The Hall–Kier alpha value is -3.44. The standard InChI is InChI=1S/C26H25ClFN5O4S/c27-16-4-6-17(7-5-16)32-13-18-12-19(14-32)33(18)26-30-22-2-1-9-38(36,37)24(22)25(31-26)29-21-8-3-15(10-20(21)28)11-23(34)35/h3-8,10,18-19H,1-2,9,11-14H2,(H,34,35)(H,29,30,31). The molecule has 2 N–H and O–H groups in total. The molecule has 3 fully saturated rings. The molecule has 2 unspecified atom stereocenters. The van der Waals surface area contributed by atoms with Crippen molar-refractivity contribution in [3.63, 3.8) is 0 Å². The van der Waals surface area contributed by atoms with E-state index in [1.54, 1.807) is 0 Å². The van der Waals surface area contributed by atoms with E-state index >= 15 is 0 Å². The summed E-state index contributed by atoms with van der Waals surface area (Å²) in [6, 6.07) is 12.1. The molecular formula is C26H25ClFN5O4S. The van der Waals surface area contributed by atoms with Gasteiger partial charge in [-0.05, 0) is 61.2 Å². The molecule has 7 rings (SSSR count). The van der Waals surface area contributed by atoms with E-state index in [1.807, 2.05) is 24.3 Å². The van der Waals surface area contributed by atoms with E-state index in [1.165, 1.54) is 12.1 Å². The van der Waals surface area contributed by atoms with E-state index in [0.717, 1.165) is 31.3 Å². The molecule has 2 bridgehead atoms. The van der Waals surface area contributed by atoms with Gasteiger partial charge in [0.1, 0.15) is 10.7 Å². The van der Waals surface area contributed by atoms with E-state index in [2.05, 4.69) is 20.1 Å². The molecule has 0 radical (unpaired) electrons. The van der Waals surface area contributed by atoms with Crippen molar-refractivity contribution in [2.75, 3.05) is 34.0 Å². The van der Waals surface area contributed by atoms with Crippen LogP contribution in [0, 0.1) is 5.82 Å². The predicted molar refractivity (Wildman–Crippen MR) is 142 cm³/mol. The molecule has 4 aliphatic rings. The van der Waals surface area contributed by atoms with Crippen LogP contribution >= 0.6 is 11.6 Å². The average Bonchev–Trinajstić information content (AvgIpc) is 2.85. The van der Waals surface area contributed by atoms with Gasteiger partial charge in [0.05, 0.1) is 35.6 Å². The minimum absolute atomic E-state index is 0.00925. The lowest BCUT2D eigenvalue weighted by Crippen LogP contribution is -2.69. The van der Waals surface area contributed by atoms with E-state index in [4.69, 9.17) is 21.7 Å². The van der Waals surface area contributed by atoms with Gasteiger partial charge in [-0.2, -0.15) is 4.98 Å². The lowest BCUT2D eigenvalue weighted by atomic mass is 9.87. The fourth-order valence-corrected chi connectivity index (χ4v) is 7.34. The number of sulfone groups is 1. The first-order chi connectivity index (χ1) is 18.2. The van der Waals surface area contributed by atoms with Gasteiger partial charge in [0.2, 0.25) is 5.95 Å². The largest absolute Gasteiger partial charge is 0.481 e. The number of fused-ring (bicyclic) bond motifs is 3. The molecule has 12 heteroatoms. The SMILES string of the molecule is O=C(O)Cc1ccc(Nc2nc(N3C4CC3CN(c3ccc(Cl)cc3)C4)nc3c2S(=O)(=O)CCC3)c(F)c1. The van der Waals surface area contributed by atoms with Gasteiger partial charge in [0.15, 0.2) is 15.7 Å². The highest BCUT2D eigenvalue weighted by molar-refractivity contribution is 7.91. The van der Waals surface area contributed by atoms with Crippen molar-refractivity contribution in [2.45, 2.75) is 42.7 Å². The molecule has 0 aliphatic carbocycles. The number of aryl methyl sites for hydroxylation is 1. The van der Waals surface area contributed by atoms with Crippen LogP contribution in [0.25, 0.3) is 0 Å². The second kappa shape index (κ2) is 9.39. The highest BCUT2D eigenvalue weighted by atomic mass is 35.5.